The van der Waals surface area contributed by atoms with Gasteiger partial charge in [0.05, 0.1) is 11.8 Å². The van der Waals surface area contributed by atoms with Crippen molar-refractivity contribution in [3.63, 3.8) is 0 Å². The third-order valence-corrected chi connectivity index (χ3v) is 4.65. The fraction of sp³-hybridized carbons (Fsp3) is 0.857. The van der Waals surface area contributed by atoms with Crippen LogP contribution in [-0.4, -0.2) is 41.1 Å². The van der Waals surface area contributed by atoms with E-state index in [1.165, 1.54) is 0 Å². The molecule has 1 aliphatic heterocycles. The number of hydrogen-bond donors (Lipinski definition) is 1. The summed E-state index contributed by atoms with van der Waals surface area (Å²) in [6, 6.07) is 0. The highest BCUT2D eigenvalue weighted by Gasteiger charge is 2.53. The molecule has 0 spiro atoms. The van der Waals surface area contributed by atoms with Gasteiger partial charge in [-0.1, -0.05) is 25.7 Å². The SMILES string of the molecule is O=C(O)[C@@H]1CN(C(=O)CCC2CCCC2)C[C@H]1C(F)(F)F. The van der Waals surface area contributed by atoms with Crippen LogP contribution in [0.5, 0.6) is 0 Å². The Hall–Kier alpha value is -1.27. The van der Waals surface area contributed by atoms with Gasteiger partial charge in [-0.2, -0.15) is 13.2 Å². The molecular weight excluding hydrogens is 287 g/mol. The minimum Gasteiger partial charge on any atom is -0.481 e. The van der Waals surface area contributed by atoms with Crippen molar-refractivity contribution in [1.82, 2.24) is 4.90 Å². The van der Waals surface area contributed by atoms with Gasteiger partial charge in [-0.25, -0.2) is 0 Å². The van der Waals surface area contributed by atoms with E-state index in [9.17, 15) is 22.8 Å². The fourth-order valence-corrected chi connectivity index (χ4v) is 3.37. The fourth-order valence-electron chi connectivity index (χ4n) is 3.37. The third kappa shape index (κ3) is 3.89. The molecule has 2 fully saturated rings. The molecule has 1 amide bonds. The number of rotatable bonds is 4. The number of aliphatic carboxylic acids is 1. The predicted octanol–water partition coefficient (Wildman–Crippen LogP) is 2.68. The van der Waals surface area contributed by atoms with Crippen molar-refractivity contribution in [2.75, 3.05) is 13.1 Å². The van der Waals surface area contributed by atoms with Crippen LogP contribution in [0.25, 0.3) is 0 Å². The lowest BCUT2D eigenvalue weighted by molar-refractivity contribution is -0.188. The zero-order valence-corrected chi connectivity index (χ0v) is 11.7. The monoisotopic (exact) mass is 307 g/mol. The second-order valence-corrected chi connectivity index (χ2v) is 6.08. The van der Waals surface area contributed by atoms with E-state index in [2.05, 4.69) is 0 Å². The van der Waals surface area contributed by atoms with Crippen LogP contribution >= 0.6 is 0 Å². The summed E-state index contributed by atoms with van der Waals surface area (Å²) in [5.74, 6) is -4.83. The number of halogens is 3. The summed E-state index contributed by atoms with van der Waals surface area (Å²) in [6.07, 6.45) is 0.806. The zero-order chi connectivity index (χ0) is 15.6. The second-order valence-electron chi connectivity index (χ2n) is 6.08. The maximum Gasteiger partial charge on any atom is 0.394 e. The molecule has 0 aromatic rings. The number of alkyl halides is 3. The molecule has 1 heterocycles. The van der Waals surface area contributed by atoms with Crippen LogP contribution in [0.4, 0.5) is 13.2 Å². The van der Waals surface area contributed by atoms with Gasteiger partial charge in [0.15, 0.2) is 0 Å². The molecule has 4 nitrogen and oxygen atoms in total. The van der Waals surface area contributed by atoms with Gasteiger partial charge in [-0.15, -0.1) is 0 Å². The molecule has 2 atom stereocenters. The van der Waals surface area contributed by atoms with Gasteiger partial charge in [0.1, 0.15) is 0 Å². The highest BCUT2D eigenvalue weighted by atomic mass is 19.4. The molecule has 1 saturated heterocycles. The van der Waals surface area contributed by atoms with Crippen LogP contribution in [0.3, 0.4) is 0 Å². The van der Waals surface area contributed by atoms with Crippen LogP contribution in [0.15, 0.2) is 0 Å². The molecule has 1 saturated carbocycles. The molecule has 0 radical (unpaired) electrons. The largest absolute Gasteiger partial charge is 0.481 e. The van der Waals surface area contributed by atoms with Crippen LogP contribution in [0.2, 0.25) is 0 Å². The van der Waals surface area contributed by atoms with Crippen molar-refractivity contribution in [2.24, 2.45) is 17.8 Å². The topological polar surface area (TPSA) is 57.6 Å². The second kappa shape index (κ2) is 6.23. The lowest BCUT2D eigenvalue weighted by Gasteiger charge is -2.19. The summed E-state index contributed by atoms with van der Waals surface area (Å²) < 4.78 is 38.5. The van der Waals surface area contributed by atoms with Crippen molar-refractivity contribution in [1.29, 1.82) is 0 Å². The van der Waals surface area contributed by atoms with Crippen LogP contribution in [0.1, 0.15) is 38.5 Å². The van der Waals surface area contributed by atoms with E-state index in [1.807, 2.05) is 0 Å². The summed E-state index contributed by atoms with van der Waals surface area (Å²) in [4.78, 5) is 24.0. The maximum absolute atomic E-state index is 12.8. The number of carbonyl (C=O) groups is 2. The Morgan fingerprint density at radius 2 is 1.76 bits per heavy atom. The first kappa shape index (κ1) is 16.1. The molecule has 2 aliphatic rings. The molecule has 1 N–H and O–H groups in total. The van der Waals surface area contributed by atoms with E-state index in [4.69, 9.17) is 5.11 Å². The number of carboxylic acids is 1. The maximum atomic E-state index is 12.8. The first-order valence-electron chi connectivity index (χ1n) is 7.36. The molecule has 0 aromatic heterocycles. The Morgan fingerprint density at radius 1 is 1.14 bits per heavy atom. The average Bonchev–Trinajstić information content (AvgIpc) is 3.04. The van der Waals surface area contributed by atoms with Crippen molar-refractivity contribution in [2.45, 2.75) is 44.7 Å². The Kier molecular flexibility index (Phi) is 4.78. The minimum absolute atomic E-state index is 0.224. The molecule has 0 bridgehead atoms. The highest BCUT2D eigenvalue weighted by molar-refractivity contribution is 5.79. The van der Waals surface area contributed by atoms with Gasteiger partial charge >= 0.3 is 12.1 Å². The van der Waals surface area contributed by atoms with Crippen LogP contribution < -0.4 is 0 Å². The van der Waals surface area contributed by atoms with E-state index < -0.39 is 30.5 Å². The normalized spacial score (nSPS) is 27.3. The quantitative estimate of drug-likeness (QED) is 0.868. The Bertz CT molecular complexity index is 405. The minimum atomic E-state index is -4.58. The van der Waals surface area contributed by atoms with E-state index in [1.54, 1.807) is 0 Å². The predicted molar refractivity (Wildman–Crippen MR) is 68.4 cm³/mol. The Morgan fingerprint density at radius 3 is 2.24 bits per heavy atom. The smallest absolute Gasteiger partial charge is 0.394 e. The first-order chi connectivity index (χ1) is 9.79. The molecule has 0 unspecified atom stereocenters. The van der Waals surface area contributed by atoms with Crippen molar-refractivity contribution in [3.05, 3.63) is 0 Å². The first-order valence-corrected chi connectivity index (χ1v) is 7.36. The summed E-state index contributed by atoms with van der Waals surface area (Å²) >= 11 is 0. The standard InChI is InChI=1S/C14H20F3NO3/c15-14(16,17)11-8-18(7-10(11)13(20)21)12(19)6-5-9-3-1-2-4-9/h9-11H,1-8H2,(H,20,21)/t10-,11-/m1/s1. The van der Waals surface area contributed by atoms with E-state index >= 15 is 0 Å². The summed E-state index contributed by atoms with van der Waals surface area (Å²) in [6.45, 7) is -0.854. The molecular formula is C14H20F3NO3. The number of amides is 1. The van der Waals surface area contributed by atoms with Gasteiger partial charge in [-0.3, -0.25) is 9.59 Å². The van der Waals surface area contributed by atoms with Crippen LogP contribution in [0, 0.1) is 17.8 Å². The van der Waals surface area contributed by atoms with Gasteiger partial charge in [0.2, 0.25) is 5.91 Å². The van der Waals surface area contributed by atoms with Crippen LogP contribution in [-0.2, 0) is 9.59 Å². The van der Waals surface area contributed by atoms with Gasteiger partial charge in [0, 0.05) is 19.5 Å². The number of nitrogens with zero attached hydrogens (tertiary/aromatic N) is 1. The summed E-state index contributed by atoms with van der Waals surface area (Å²) in [5.41, 5.74) is 0. The highest BCUT2D eigenvalue weighted by Crippen LogP contribution is 2.38. The Labute approximate surface area is 121 Å². The van der Waals surface area contributed by atoms with Crippen molar-refractivity contribution < 1.29 is 27.9 Å². The number of carbonyl (C=O) groups excluding carboxylic acids is 1. The molecule has 1 aliphatic carbocycles. The molecule has 21 heavy (non-hydrogen) atoms. The molecule has 2 rings (SSSR count). The molecule has 7 heteroatoms. The van der Waals surface area contributed by atoms with E-state index in [0.29, 0.717) is 12.3 Å². The number of hydrogen-bond acceptors (Lipinski definition) is 2. The van der Waals surface area contributed by atoms with Gasteiger partial charge < -0.3 is 10.0 Å². The summed E-state index contributed by atoms with van der Waals surface area (Å²) in [7, 11) is 0. The number of likely N-dealkylation sites (tertiary alicyclic amines) is 1. The van der Waals surface area contributed by atoms with E-state index in [0.717, 1.165) is 30.6 Å². The average molecular weight is 307 g/mol. The Balaban J connectivity index is 1.91. The number of carboxylic acid groups (broad SMARTS) is 1. The third-order valence-electron chi connectivity index (χ3n) is 4.65. The van der Waals surface area contributed by atoms with Gasteiger partial charge in [-0.05, 0) is 12.3 Å². The lowest BCUT2D eigenvalue weighted by Crippen LogP contribution is -2.34. The lowest BCUT2D eigenvalue weighted by atomic mass is 9.96. The van der Waals surface area contributed by atoms with Crippen molar-refractivity contribution >= 4 is 11.9 Å². The molecule has 0 aromatic carbocycles. The van der Waals surface area contributed by atoms with E-state index in [-0.39, 0.29) is 18.9 Å². The van der Waals surface area contributed by atoms with Gasteiger partial charge in [0.25, 0.3) is 0 Å². The zero-order valence-electron chi connectivity index (χ0n) is 11.7. The summed E-state index contributed by atoms with van der Waals surface area (Å²) in [5, 5.41) is 8.91. The van der Waals surface area contributed by atoms with Crippen molar-refractivity contribution in [3.8, 4) is 0 Å². The molecule has 120 valence electrons.